The van der Waals surface area contributed by atoms with Crippen LogP contribution in [0.3, 0.4) is 0 Å². The van der Waals surface area contributed by atoms with E-state index in [2.05, 4.69) is 17.4 Å². The number of aryl methyl sites for hydroxylation is 1. The van der Waals surface area contributed by atoms with Crippen LogP contribution in [0.4, 0.5) is 0 Å². The highest BCUT2D eigenvalue weighted by molar-refractivity contribution is 7.89. The van der Waals surface area contributed by atoms with Crippen LogP contribution in [0.25, 0.3) is 11.1 Å². The molecule has 4 aromatic carbocycles. The van der Waals surface area contributed by atoms with E-state index in [4.69, 9.17) is 10.9 Å². The normalized spacial score (nSPS) is 11.2. The van der Waals surface area contributed by atoms with Crippen molar-refractivity contribution in [3.8, 4) is 11.1 Å². The number of amides is 2. The highest BCUT2D eigenvalue weighted by Gasteiger charge is 2.16. The highest BCUT2D eigenvalue weighted by Crippen LogP contribution is 2.23. The van der Waals surface area contributed by atoms with Gasteiger partial charge in [0, 0.05) is 38.2 Å². The van der Waals surface area contributed by atoms with Gasteiger partial charge < -0.3 is 16.0 Å². The Hall–Kier alpha value is -4.31. The van der Waals surface area contributed by atoms with Gasteiger partial charge in [-0.05, 0) is 77.4 Å². The zero-order valence-corrected chi connectivity index (χ0v) is 24.9. The van der Waals surface area contributed by atoms with Crippen LogP contribution in [0.15, 0.2) is 108 Å². The summed E-state index contributed by atoms with van der Waals surface area (Å²) in [5.41, 5.74) is 11.0. The fraction of sp³-hybridized carbons (Fsp3) is 0.235. The molecule has 0 bridgehead atoms. The summed E-state index contributed by atoms with van der Waals surface area (Å²) in [5.74, 6) is -0.117. The first-order chi connectivity index (χ1) is 20.7. The van der Waals surface area contributed by atoms with Crippen LogP contribution >= 0.6 is 0 Å². The van der Waals surface area contributed by atoms with E-state index in [0.717, 1.165) is 35.1 Å². The predicted molar refractivity (Wildman–Crippen MR) is 170 cm³/mol. The Morgan fingerprint density at radius 2 is 1.40 bits per heavy atom. The van der Waals surface area contributed by atoms with Crippen LogP contribution in [0.5, 0.6) is 0 Å². The molecule has 224 valence electrons. The fourth-order valence-corrected chi connectivity index (χ4v) is 5.36. The lowest BCUT2D eigenvalue weighted by molar-refractivity contribution is -0.131. The maximum absolute atomic E-state index is 13.5. The van der Waals surface area contributed by atoms with Crippen molar-refractivity contribution in [3.63, 3.8) is 0 Å². The zero-order valence-electron chi connectivity index (χ0n) is 24.1. The molecule has 0 saturated carbocycles. The fourth-order valence-electron chi connectivity index (χ4n) is 4.85. The van der Waals surface area contributed by atoms with Gasteiger partial charge in [0.15, 0.2) is 0 Å². The summed E-state index contributed by atoms with van der Waals surface area (Å²) in [6.45, 7) is 1.67. The van der Waals surface area contributed by atoms with E-state index in [0.29, 0.717) is 44.6 Å². The maximum atomic E-state index is 13.5. The molecule has 0 aliphatic carbocycles. The Morgan fingerprint density at radius 1 is 0.744 bits per heavy atom. The third kappa shape index (κ3) is 9.61. The zero-order chi connectivity index (χ0) is 30.7. The molecular weight excluding hydrogens is 560 g/mol. The number of benzene rings is 4. The lowest BCUT2D eigenvalue weighted by Crippen LogP contribution is -2.32. The molecule has 43 heavy (non-hydrogen) atoms. The highest BCUT2D eigenvalue weighted by atomic mass is 32.2. The third-order valence-electron chi connectivity index (χ3n) is 7.16. The minimum Gasteiger partial charge on any atom is -0.351 e. The molecule has 5 N–H and O–H groups in total. The average Bonchev–Trinajstić information content (AvgIpc) is 3.02. The van der Waals surface area contributed by atoms with E-state index in [1.165, 1.54) is 17.7 Å². The smallest absolute Gasteiger partial charge is 0.251 e. The molecule has 0 aromatic heterocycles. The van der Waals surface area contributed by atoms with Gasteiger partial charge in [-0.1, -0.05) is 72.8 Å². The molecule has 0 aliphatic rings. The maximum Gasteiger partial charge on any atom is 0.251 e. The number of primary sulfonamides is 1. The Kier molecular flexibility index (Phi) is 11.2. The first-order valence-electron chi connectivity index (χ1n) is 14.3. The monoisotopic (exact) mass is 598 g/mol. The van der Waals surface area contributed by atoms with Crippen LogP contribution in [-0.4, -0.2) is 44.8 Å². The first kappa shape index (κ1) is 31.6. The number of rotatable bonds is 14. The number of hydrogen-bond acceptors (Lipinski definition) is 5. The third-order valence-corrected chi connectivity index (χ3v) is 8.09. The molecule has 2 amide bonds. The summed E-state index contributed by atoms with van der Waals surface area (Å²) < 4.78 is 23.3. The van der Waals surface area contributed by atoms with E-state index in [1.807, 2.05) is 65.6 Å². The Bertz CT molecular complexity index is 1620. The largest absolute Gasteiger partial charge is 0.351 e. The van der Waals surface area contributed by atoms with Gasteiger partial charge in [-0.2, -0.15) is 0 Å². The van der Waals surface area contributed by atoms with Crippen LogP contribution < -0.4 is 16.2 Å². The summed E-state index contributed by atoms with van der Waals surface area (Å²) in [6.07, 6.45) is 2.54. The van der Waals surface area contributed by atoms with Crippen molar-refractivity contribution in [2.75, 3.05) is 19.6 Å². The Morgan fingerprint density at radius 3 is 2.09 bits per heavy atom. The second-order valence-electron chi connectivity index (χ2n) is 10.4. The van der Waals surface area contributed by atoms with Crippen molar-refractivity contribution < 1.29 is 18.0 Å². The molecule has 4 aromatic rings. The molecular formula is C34H38N4O4S. The summed E-state index contributed by atoms with van der Waals surface area (Å²) >= 11 is 0. The molecule has 0 saturated heterocycles. The van der Waals surface area contributed by atoms with Gasteiger partial charge in [0.25, 0.3) is 5.91 Å². The van der Waals surface area contributed by atoms with E-state index < -0.39 is 10.0 Å². The standard InChI is InChI=1S/C34H38N4O4S/c35-20-21-37-34(40)31-13-6-12-30(24-31)29-11-4-10-28(23-29)25-38(33(39)14-5-9-26-7-2-1-3-8-26)22-19-27-15-17-32(18-16-27)43(36,41)42/h1-4,6-8,10-13,15-18,23-24H,5,9,14,19-22,25,35H2,(H,37,40)(H2,36,41,42). The molecule has 0 radical (unpaired) electrons. The van der Waals surface area contributed by atoms with Crippen molar-refractivity contribution in [1.29, 1.82) is 0 Å². The number of hydrogen-bond donors (Lipinski definition) is 3. The van der Waals surface area contributed by atoms with Crippen molar-refractivity contribution in [3.05, 3.63) is 125 Å². The quantitative estimate of drug-likeness (QED) is 0.199. The molecule has 0 unspecified atom stereocenters. The number of carbonyl (C=O) groups is 2. The molecule has 0 fully saturated rings. The summed E-state index contributed by atoms with van der Waals surface area (Å²) in [4.78, 5) is 27.9. The summed E-state index contributed by atoms with van der Waals surface area (Å²) in [6, 6.07) is 32.0. The van der Waals surface area contributed by atoms with Crippen molar-refractivity contribution in [2.24, 2.45) is 10.9 Å². The number of sulfonamides is 1. The average molecular weight is 599 g/mol. The second kappa shape index (κ2) is 15.2. The van der Waals surface area contributed by atoms with Gasteiger partial charge in [-0.15, -0.1) is 0 Å². The number of nitrogens with zero attached hydrogens (tertiary/aromatic N) is 1. The molecule has 0 aliphatic heterocycles. The SMILES string of the molecule is NCCNC(=O)c1cccc(-c2cccc(CN(CCc3ccc(S(N)(=O)=O)cc3)C(=O)CCCc3ccccc3)c2)c1. The number of nitrogens with one attached hydrogen (secondary N) is 1. The lowest BCUT2D eigenvalue weighted by Gasteiger charge is -2.24. The lowest BCUT2D eigenvalue weighted by atomic mass is 10.0. The van der Waals surface area contributed by atoms with Gasteiger partial charge >= 0.3 is 0 Å². The minimum atomic E-state index is -3.77. The van der Waals surface area contributed by atoms with Crippen LogP contribution in [0.2, 0.25) is 0 Å². The van der Waals surface area contributed by atoms with E-state index in [9.17, 15) is 18.0 Å². The molecule has 0 spiro atoms. The van der Waals surface area contributed by atoms with Crippen LogP contribution in [0, 0.1) is 0 Å². The van der Waals surface area contributed by atoms with Crippen molar-refractivity contribution in [1.82, 2.24) is 10.2 Å². The number of carbonyl (C=O) groups excluding carboxylic acids is 2. The van der Waals surface area contributed by atoms with Crippen molar-refractivity contribution in [2.45, 2.75) is 37.1 Å². The van der Waals surface area contributed by atoms with E-state index in [1.54, 1.807) is 18.2 Å². The molecule has 4 rings (SSSR count). The van der Waals surface area contributed by atoms with E-state index >= 15 is 0 Å². The molecule has 0 atom stereocenters. The van der Waals surface area contributed by atoms with Gasteiger partial charge in [0.05, 0.1) is 4.90 Å². The predicted octanol–water partition coefficient (Wildman–Crippen LogP) is 4.28. The van der Waals surface area contributed by atoms with Crippen molar-refractivity contribution >= 4 is 21.8 Å². The second-order valence-corrected chi connectivity index (χ2v) is 12.0. The minimum absolute atomic E-state index is 0.0565. The van der Waals surface area contributed by atoms with Crippen LogP contribution in [-0.2, 0) is 34.2 Å². The van der Waals surface area contributed by atoms with Gasteiger partial charge in [-0.25, -0.2) is 13.6 Å². The van der Waals surface area contributed by atoms with Gasteiger partial charge in [-0.3, -0.25) is 9.59 Å². The topological polar surface area (TPSA) is 136 Å². The first-order valence-corrected chi connectivity index (χ1v) is 15.9. The van der Waals surface area contributed by atoms with E-state index in [-0.39, 0.29) is 16.7 Å². The van der Waals surface area contributed by atoms with Gasteiger partial charge in [0.2, 0.25) is 15.9 Å². The van der Waals surface area contributed by atoms with Gasteiger partial charge in [0.1, 0.15) is 0 Å². The van der Waals surface area contributed by atoms with Crippen LogP contribution in [0.1, 0.15) is 39.9 Å². The summed E-state index contributed by atoms with van der Waals surface area (Å²) in [5, 5.41) is 8.03. The Balaban J connectivity index is 1.49. The number of nitrogens with two attached hydrogens (primary N) is 2. The molecule has 8 nitrogen and oxygen atoms in total. The molecule has 9 heteroatoms. The summed E-state index contributed by atoms with van der Waals surface area (Å²) in [7, 11) is -3.77. The Labute approximate surface area is 253 Å². The molecule has 0 heterocycles.